The number of nitrogen functional groups attached to an aromatic ring is 1. The van der Waals surface area contributed by atoms with Gasteiger partial charge in [0.05, 0.1) is 5.92 Å². The Morgan fingerprint density at radius 3 is 2.52 bits per heavy atom. The highest BCUT2D eigenvalue weighted by Gasteiger charge is 2.63. The van der Waals surface area contributed by atoms with E-state index in [9.17, 15) is 4.79 Å². The van der Waals surface area contributed by atoms with E-state index >= 15 is 0 Å². The zero-order valence-corrected chi connectivity index (χ0v) is 19.7. The highest BCUT2D eigenvalue weighted by molar-refractivity contribution is 5.95. The predicted molar refractivity (Wildman–Crippen MR) is 126 cm³/mol. The number of nitrogens with zero attached hydrogens (tertiary/aromatic N) is 2. The Morgan fingerprint density at radius 2 is 1.85 bits per heavy atom. The van der Waals surface area contributed by atoms with Gasteiger partial charge in [-0.3, -0.25) is 15.1 Å². The Bertz CT molecular complexity index is 1100. The largest absolute Gasteiger partial charge is 0.454 e. The first-order valence-electron chi connectivity index (χ1n) is 11.6. The summed E-state index contributed by atoms with van der Waals surface area (Å²) in [5, 5.41) is 7.69. The number of nitrogens with two attached hydrogens (primary N) is 1. The van der Waals surface area contributed by atoms with E-state index in [1.165, 1.54) is 0 Å². The Balaban J connectivity index is 1.49. The van der Waals surface area contributed by atoms with Crippen molar-refractivity contribution in [2.45, 2.75) is 51.4 Å². The molecular weight excluding hydrogens is 416 g/mol. The Hall–Kier alpha value is -3.06. The van der Waals surface area contributed by atoms with Crippen molar-refractivity contribution in [2.24, 2.45) is 17.6 Å². The van der Waals surface area contributed by atoms with E-state index in [1.54, 1.807) is 0 Å². The van der Waals surface area contributed by atoms with Gasteiger partial charge in [0.2, 0.25) is 12.7 Å². The Morgan fingerprint density at radius 1 is 1.15 bits per heavy atom. The summed E-state index contributed by atoms with van der Waals surface area (Å²) in [6, 6.07) is 13.9. The molecule has 33 heavy (non-hydrogen) atoms. The monoisotopic (exact) mass is 448 g/mol. The molecule has 2 fully saturated rings. The molecule has 0 unspecified atom stereocenters. The summed E-state index contributed by atoms with van der Waals surface area (Å²) >= 11 is 0. The molecule has 0 radical (unpaired) electrons. The van der Waals surface area contributed by atoms with Crippen molar-refractivity contribution < 1.29 is 14.3 Å². The third-order valence-corrected chi connectivity index (χ3v) is 8.02. The lowest BCUT2D eigenvalue weighted by molar-refractivity contribution is -0.134. The van der Waals surface area contributed by atoms with Crippen molar-refractivity contribution in [1.82, 2.24) is 9.80 Å². The minimum atomic E-state index is -0.144. The van der Waals surface area contributed by atoms with Crippen LogP contribution >= 0.6 is 0 Å². The first kappa shape index (κ1) is 21.8. The second-order valence-electron chi connectivity index (χ2n) is 9.93. The molecule has 3 N–H and O–H groups in total. The number of fused-ring (bicyclic) bond motifs is 2. The molecule has 0 saturated carbocycles. The van der Waals surface area contributed by atoms with Gasteiger partial charge in [-0.05, 0) is 50.6 Å². The van der Waals surface area contributed by atoms with Gasteiger partial charge in [0.1, 0.15) is 5.84 Å². The second kappa shape index (κ2) is 7.76. The molecule has 0 aliphatic carbocycles. The first-order valence-corrected chi connectivity index (χ1v) is 11.6. The van der Waals surface area contributed by atoms with Crippen molar-refractivity contribution in [3.63, 3.8) is 0 Å². The van der Waals surface area contributed by atoms with E-state index in [-0.39, 0.29) is 48.0 Å². The van der Waals surface area contributed by atoms with Crippen molar-refractivity contribution in [3.8, 4) is 11.5 Å². The summed E-state index contributed by atoms with van der Waals surface area (Å²) < 4.78 is 11.0. The fourth-order valence-electron chi connectivity index (χ4n) is 6.21. The van der Waals surface area contributed by atoms with E-state index in [4.69, 9.17) is 20.6 Å². The van der Waals surface area contributed by atoms with Gasteiger partial charge in [-0.15, -0.1) is 0 Å². The molecule has 3 aliphatic rings. The quantitative estimate of drug-likeness (QED) is 0.539. The normalized spacial score (nSPS) is 27.8. The number of ether oxygens (including phenoxy) is 2. The van der Waals surface area contributed by atoms with Crippen LogP contribution in [0.15, 0.2) is 42.5 Å². The summed E-state index contributed by atoms with van der Waals surface area (Å²) in [5.74, 6) is 1.86. The van der Waals surface area contributed by atoms with Crippen LogP contribution in [0.2, 0.25) is 0 Å². The summed E-state index contributed by atoms with van der Waals surface area (Å²) in [6.45, 7) is 7.51. The van der Waals surface area contributed by atoms with Crippen molar-refractivity contribution in [3.05, 3.63) is 59.2 Å². The molecule has 1 amide bonds. The number of hydrogen-bond donors (Lipinski definition) is 2. The molecule has 0 spiro atoms. The van der Waals surface area contributed by atoms with E-state index in [0.29, 0.717) is 12.1 Å². The van der Waals surface area contributed by atoms with Crippen molar-refractivity contribution in [2.75, 3.05) is 13.8 Å². The maximum absolute atomic E-state index is 14.0. The highest BCUT2D eigenvalue weighted by Crippen LogP contribution is 2.56. The summed E-state index contributed by atoms with van der Waals surface area (Å²) in [6.07, 6.45) is 0.907. The lowest BCUT2D eigenvalue weighted by atomic mass is 9.77. The van der Waals surface area contributed by atoms with Crippen molar-refractivity contribution >= 4 is 11.7 Å². The molecule has 0 aromatic heterocycles. The maximum Gasteiger partial charge on any atom is 0.231 e. The van der Waals surface area contributed by atoms with Crippen molar-refractivity contribution in [1.29, 1.82) is 5.41 Å². The molecule has 3 heterocycles. The molecule has 7 nitrogen and oxygen atoms in total. The van der Waals surface area contributed by atoms with Crippen LogP contribution in [0.3, 0.4) is 0 Å². The van der Waals surface area contributed by atoms with Gasteiger partial charge in [-0.1, -0.05) is 37.3 Å². The number of rotatable bonds is 5. The Kier molecular flexibility index (Phi) is 5.12. The number of benzene rings is 2. The molecule has 7 heteroatoms. The molecule has 2 saturated heterocycles. The predicted octanol–water partition coefficient (Wildman–Crippen LogP) is 3.52. The average Bonchev–Trinajstić information content (AvgIpc) is 3.42. The van der Waals surface area contributed by atoms with E-state index < -0.39 is 0 Å². The number of amides is 1. The minimum Gasteiger partial charge on any atom is -0.454 e. The van der Waals surface area contributed by atoms with Crippen LogP contribution in [-0.2, 0) is 11.3 Å². The lowest BCUT2D eigenvalue weighted by Gasteiger charge is -2.40. The topological polar surface area (TPSA) is 91.9 Å². The number of hydrogen-bond acceptors (Lipinski definition) is 5. The van der Waals surface area contributed by atoms with Gasteiger partial charge in [-0.2, -0.15) is 0 Å². The zero-order chi connectivity index (χ0) is 23.5. The fourth-order valence-corrected chi connectivity index (χ4v) is 6.21. The summed E-state index contributed by atoms with van der Waals surface area (Å²) in [4.78, 5) is 18.4. The van der Waals surface area contributed by atoms with Crippen LogP contribution in [0.1, 0.15) is 49.9 Å². The summed E-state index contributed by atoms with van der Waals surface area (Å²) in [5.41, 5.74) is 8.35. The minimum absolute atomic E-state index is 0.0192. The number of carbonyl (C=O) groups is 1. The Labute approximate surface area is 195 Å². The maximum atomic E-state index is 14.0. The van der Waals surface area contributed by atoms with Crippen LogP contribution in [0.25, 0.3) is 0 Å². The molecule has 2 aromatic rings. The molecule has 0 bridgehead atoms. The van der Waals surface area contributed by atoms with Gasteiger partial charge in [-0.25, -0.2) is 0 Å². The standard InChI is InChI=1S/C26H32N4O3/c1-5-18-22-21(25(31)30(18)13-15-6-11-19-20(12-15)33-14-32-19)23(29(4)26(22,2)3)16-7-9-17(10-8-16)24(27)28/h6-12,18,21-23H,5,13-14H2,1-4H3,(H3,27,28)/t18-,21+,22-,23+/m0/s1. The first-order chi connectivity index (χ1) is 15.7. The third-order valence-electron chi connectivity index (χ3n) is 8.02. The van der Waals surface area contributed by atoms with Crippen LogP contribution in [0.4, 0.5) is 0 Å². The van der Waals surface area contributed by atoms with Gasteiger partial charge in [0.25, 0.3) is 0 Å². The van der Waals surface area contributed by atoms with Gasteiger partial charge < -0.3 is 20.1 Å². The lowest BCUT2D eigenvalue weighted by Crippen LogP contribution is -2.48. The summed E-state index contributed by atoms with van der Waals surface area (Å²) in [7, 11) is 2.13. The van der Waals surface area contributed by atoms with Gasteiger partial charge in [0, 0.05) is 35.6 Å². The third kappa shape index (κ3) is 3.29. The molecule has 174 valence electrons. The van der Waals surface area contributed by atoms with Crippen LogP contribution in [0.5, 0.6) is 11.5 Å². The second-order valence-corrected chi connectivity index (χ2v) is 9.93. The van der Waals surface area contributed by atoms with Crippen LogP contribution in [-0.4, -0.2) is 47.0 Å². The van der Waals surface area contributed by atoms with Crippen LogP contribution in [0, 0.1) is 17.2 Å². The number of nitrogens with one attached hydrogen (secondary N) is 1. The number of carbonyl (C=O) groups excluding carboxylic acids is 1. The molecular formula is C26H32N4O3. The zero-order valence-electron chi connectivity index (χ0n) is 19.7. The molecule has 2 aromatic carbocycles. The SMILES string of the molecule is CC[C@H]1[C@H]2[C@@H](C(=O)N1Cc1ccc3c(c1)OCO3)[C@@H](c1ccc(C(=N)N)cc1)N(C)C2(C)C. The van der Waals surface area contributed by atoms with Gasteiger partial charge in [0.15, 0.2) is 11.5 Å². The van der Waals surface area contributed by atoms with E-state index in [1.807, 2.05) is 42.5 Å². The average molecular weight is 449 g/mol. The smallest absolute Gasteiger partial charge is 0.231 e. The van der Waals surface area contributed by atoms with Gasteiger partial charge >= 0.3 is 0 Å². The van der Waals surface area contributed by atoms with E-state index in [2.05, 4.69) is 37.6 Å². The fraction of sp³-hybridized carbons (Fsp3) is 0.462. The highest BCUT2D eigenvalue weighted by atomic mass is 16.7. The molecule has 3 aliphatic heterocycles. The molecule has 4 atom stereocenters. The van der Waals surface area contributed by atoms with E-state index in [0.717, 1.165) is 29.0 Å². The number of amidine groups is 1. The number of likely N-dealkylation sites (tertiary alicyclic amines) is 2. The van der Waals surface area contributed by atoms with Crippen LogP contribution < -0.4 is 15.2 Å². The molecule has 5 rings (SSSR count).